The molecule has 4 rings (SSSR count). The Kier molecular flexibility index (Phi) is 5.59. The summed E-state index contributed by atoms with van der Waals surface area (Å²) >= 11 is 1.82. The molecule has 0 amide bonds. The Hall–Kier alpha value is -1.81. The van der Waals surface area contributed by atoms with E-state index in [-0.39, 0.29) is 0 Å². The molecule has 1 saturated heterocycles. The maximum Gasteiger partial charge on any atom is 0.127 e. The highest BCUT2D eigenvalue weighted by molar-refractivity contribution is 7.98. The molecule has 0 spiro atoms. The molecule has 26 heavy (non-hydrogen) atoms. The van der Waals surface area contributed by atoms with Crippen LogP contribution in [-0.2, 0) is 13.1 Å². The van der Waals surface area contributed by atoms with Crippen LogP contribution < -0.4 is 9.80 Å². The van der Waals surface area contributed by atoms with Gasteiger partial charge in [-0.2, -0.15) is 0 Å². The number of piperazine rings is 1. The van der Waals surface area contributed by atoms with Gasteiger partial charge in [0.25, 0.3) is 0 Å². The van der Waals surface area contributed by atoms with Gasteiger partial charge in [-0.15, -0.1) is 11.8 Å². The number of rotatable bonds is 5. The summed E-state index contributed by atoms with van der Waals surface area (Å²) in [5, 5.41) is 2.70. The van der Waals surface area contributed by atoms with Gasteiger partial charge >= 0.3 is 0 Å². The topological polar surface area (TPSA) is 8.88 Å². The summed E-state index contributed by atoms with van der Waals surface area (Å²) in [5.41, 5.74) is 2.94. The molecule has 0 saturated carbocycles. The van der Waals surface area contributed by atoms with E-state index in [2.05, 4.69) is 73.0 Å². The highest BCUT2D eigenvalue weighted by Gasteiger charge is 2.23. The van der Waals surface area contributed by atoms with E-state index in [0.717, 1.165) is 13.1 Å². The second-order valence-electron chi connectivity index (χ2n) is 7.38. The lowest BCUT2D eigenvalue weighted by molar-refractivity contribution is -1.02. The van der Waals surface area contributed by atoms with Crippen molar-refractivity contribution in [2.45, 2.75) is 18.0 Å². The van der Waals surface area contributed by atoms with Crippen molar-refractivity contribution < 1.29 is 9.80 Å². The molecule has 2 nitrogen and oxygen atoms in total. The van der Waals surface area contributed by atoms with Crippen LogP contribution in [0.3, 0.4) is 0 Å². The first kappa shape index (κ1) is 17.6. The Morgan fingerprint density at radius 3 is 1.92 bits per heavy atom. The van der Waals surface area contributed by atoms with Gasteiger partial charge < -0.3 is 9.80 Å². The van der Waals surface area contributed by atoms with Gasteiger partial charge in [0.1, 0.15) is 39.3 Å². The molecule has 1 aliphatic rings. The van der Waals surface area contributed by atoms with Crippen LogP contribution in [0.15, 0.2) is 71.6 Å². The fraction of sp³-hybridized carbons (Fsp3) is 0.304. The smallest absolute Gasteiger partial charge is 0.127 e. The normalized spacial score (nSPS) is 20.3. The van der Waals surface area contributed by atoms with Crippen LogP contribution in [0.25, 0.3) is 10.8 Å². The van der Waals surface area contributed by atoms with Gasteiger partial charge in [-0.1, -0.05) is 48.5 Å². The van der Waals surface area contributed by atoms with Crippen molar-refractivity contribution in [2.24, 2.45) is 0 Å². The van der Waals surface area contributed by atoms with Crippen LogP contribution >= 0.6 is 11.8 Å². The molecule has 3 heteroatoms. The Morgan fingerprint density at radius 1 is 0.692 bits per heavy atom. The first-order valence-electron chi connectivity index (χ1n) is 9.58. The molecule has 1 fully saturated rings. The number of hydrogen-bond donors (Lipinski definition) is 2. The minimum absolute atomic E-state index is 1.15. The predicted molar refractivity (Wildman–Crippen MR) is 111 cm³/mol. The van der Waals surface area contributed by atoms with Gasteiger partial charge in [0, 0.05) is 16.0 Å². The van der Waals surface area contributed by atoms with E-state index in [1.807, 2.05) is 11.8 Å². The molecule has 0 aliphatic carbocycles. The maximum absolute atomic E-state index is 2.37. The van der Waals surface area contributed by atoms with E-state index >= 15 is 0 Å². The Bertz CT molecular complexity index is 851. The van der Waals surface area contributed by atoms with E-state index in [9.17, 15) is 0 Å². The molecule has 1 heterocycles. The van der Waals surface area contributed by atoms with Crippen molar-refractivity contribution in [3.63, 3.8) is 0 Å². The van der Waals surface area contributed by atoms with Crippen LogP contribution in [0.2, 0.25) is 0 Å². The van der Waals surface area contributed by atoms with Gasteiger partial charge in [-0.3, -0.25) is 0 Å². The maximum atomic E-state index is 2.37. The Morgan fingerprint density at radius 2 is 1.27 bits per heavy atom. The number of fused-ring (bicyclic) bond motifs is 1. The highest BCUT2D eigenvalue weighted by Crippen LogP contribution is 2.15. The summed E-state index contributed by atoms with van der Waals surface area (Å²) in [6.45, 7) is 7.40. The molecule has 1 aliphatic heterocycles. The molecule has 134 valence electrons. The van der Waals surface area contributed by atoms with Crippen molar-refractivity contribution in [1.29, 1.82) is 0 Å². The number of quaternary nitrogens is 2. The number of hydrogen-bond acceptors (Lipinski definition) is 1. The summed E-state index contributed by atoms with van der Waals surface area (Å²) in [6, 6.07) is 24.7. The zero-order valence-corrected chi connectivity index (χ0v) is 16.3. The van der Waals surface area contributed by atoms with Crippen molar-refractivity contribution >= 4 is 22.5 Å². The Balaban J connectivity index is 1.31. The summed E-state index contributed by atoms with van der Waals surface area (Å²) < 4.78 is 0. The number of benzene rings is 3. The Labute approximate surface area is 160 Å². The summed E-state index contributed by atoms with van der Waals surface area (Å²) in [5.74, 6) is 0. The first-order valence-corrected chi connectivity index (χ1v) is 10.8. The van der Waals surface area contributed by atoms with Crippen LogP contribution in [-0.4, -0.2) is 32.4 Å². The van der Waals surface area contributed by atoms with Crippen molar-refractivity contribution in [3.05, 3.63) is 77.9 Å². The molecular weight excluding hydrogens is 336 g/mol. The van der Waals surface area contributed by atoms with Gasteiger partial charge in [-0.05, 0) is 35.2 Å². The van der Waals surface area contributed by atoms with Crippen LogP contribution in [0, 0.1) is 0 Å². The van der Waals surface area contributed by atoms with E-state index in [1.165, 1.54) is 53.0 Å². The highest BCUT2D eigenvalue weighted by atomic mass is 32.2. The molecular formula is C23H28N2S+2. The number of nitrogens with one attached hydrogen (secondary N) is 2. The zero-order valence-electron chi connectivity index (χ0n) is 15.5. The third-order valence-corrected chi connectivity index (χ3v) is 6.29. The fourth-order valence-corrected chi connectivity index (χ4v) is 4.39. The van der Waals surface area contributed by atoms with E-state index in [4.69, 9.17) is 0 Å². The molecule has 3 aromatic carbocycles. The van der Waals surface area contributed by atoms with Crippen LogP contribution in [0.1, 0.15) is 11.1 Å². The SMILES string of the molecule is CSc1ccc(C[NH+]2CC[NH+](Cc3ccc4ccccc4c3)CC2)cc1. The largest absolute Gasteiger partial charge is 0.322 e. The van der Waals surface area contributed by atoms with E-state index in [1.54, 1.807) is 9.80 Å². The standard InChI is InChI=1S/C23H26N2S/c1-26-23-10-7-19(8-11-23)17-24-12-14-25(15-13-24)18-20-6-9-21-4-2-3-5-22(21)16-20/h2-11,16H,12-15,17-18H2,1H3/p+2. The average Bonchev–Trinajstić information content (AvgIpc) is 2.70. The lowest BCUT2D eigenvalue weighted by atomic mass is 10.1. The van der Waals surface area contributed by atoms with E-state index in [0.29, 0.717) is 0 Å². The van der Waals surface area contributed by atoms with Gasteiger partial charge in [0.05, 0.1) is 0 Å². The second kappa shape index (κ2) is 8.26. The first-order chi connectivity index (χ1) is 12.8. The second-order valence-corrected chi connectivity index (χ2v) is 8.26. The summed E-state index contributed by atoms with van der Waals surface area (Å²) in [4.78, 5) is 4.80. The lowest BCUT2D eigenvalue weighted by Gasteiger charge is -2.30. The molecule has 0 radical (unpaired) electrons. The van der Waals surface area contributed by atoms with E-state index < -0.39 is 0 Å². The lowest BCUT2D eigenvalue weighted by Crippen LogP contribution is -3.27. The zero-order chi connectivity index (χ0) is 17.8. The third kappa shape index (κ3) is 4.29. The molecule has 3 aromatic rings. The minimum atomic E-state index is 1.15. The fourth-order valence-electron chi connectivity index (χ4n) is 3.98. The van der Waals surface area contributed by atoms with Gasteiger partial charge in [0.15, 0.2) is 0 Å². The van der Waals surface area contributed by atoms with Gasteiger partial charge in [-0.25, -0.2) is 0 Å². The molecule has 2 N–H and O–H groups in total. The average molecular weight is 365 g/mol. The van der Waals surface area contributed by atoms with Crippen LogP contribution in [0.5, 0.6) is 0 Å². The molecule has 0 aromatic heterocycles. The minimum Gasteiger partial charge on any atom is -0.322 e. The molecule has 0 atom stereocenters. The van der Waals surface area contributed by atoms with Crippen molar-refractivity contribution in [3.8, 4) is 0 Å². The molecule has 0 bridgehead atoms. The summed E-state index contributed by atoms with van der Waals surface area (Å²) in [7, 11) is 0. The van der Waals surface area contributed by atoms with Gasteiger partial charge in [0.2, 0.25) is 0 Å². The molecule has 0 unspecified atom stereocenters. The van der Waals surface area contributed by atoms with Crippen molar-refractivity contribution in [2.75, 3.05) is 32.4 Å². The van der Waals surface area contributed by atoms with Crippen molar-refractivity contribution in [1.82, 2.24) is 0 Å². The summed E-state index contributed by atoms with van der Waals surface area (Å²) in [6.07, 6.45) is 2.14. The van der Waals surface area contributed by atoms with Crippen LogP contribution in [0.4, 0.5) is 0 Å². The number of thioether (sulfide) groups is 1. The monoisotopic (exact) mass is 364 g/mol. The predicted octanol–water partition coefficient (Wildman–Crippen LogP) is 2.05. The quantitative estimate of drug-likeness (QED) is 0.659. The third-order valence-electron chi connectivity index (χ3n) is 5.55.